The van der Waals surface area contributed by atoms with E-state index >= 15 is 0 Å². The van der Waals surface area contributed by atoms with Crippen molar-refractivity contribution in [2.24, 2.45) is 5.92 Å². The third kappa shape index (κ3) is 5.30. The maximum absolute atomic E-state index is 13.8. The van der Waals surface area contributed by atoms with Gasteiger partial charge in [-0.3, -0.25) is 14.5 Å². The standard InChI is InChI=1S/C35H36N2O6S/c1-18(2)11-12-42-26-10-7-22(17-27(26)41-6)31-29(32(38)23-8-9-25-24(16-23)15-21(5)43-25)33(39)34(40)37(31)35-36-30-20(4)13-19(3)14-28(30)44-35/h7-10,13-14,16-18,21,31,38H,11-12,15H2,1-6H3/b32-29+. The number of aliphatic hydroxyl groups is 1. The Kier molecular flexibility index (Phi) is 7.84. The predicted molar refractivity (Wildman–Crippen MR) is 172 cm³/mol. The number of carbonyl (C=O) groups is 2. The first kappa shape index (κ1) is 29.7. The summed E-state index contributed by atoms with van der Waals surface area (Å²) in [6, 6.07) is 13.8. The van der Waals surface area contributed by atoms with Crippen LogP contribution < -0.4 is 19.1 Å². The van der Waals surface area contributed by atoms with Crippen LogP contribution in [0.4, 0.5) is 5.13 Å². The number of benzene rings is 3. The first-order valence-electron chi connectivity index (χ1n) is 14.8. The summed E-state index contributed by atoms with van der Waals surface area (Å²) in [4.78, 5) is 33.9. The minimum absolute atomic E-state index is 0.00963. The summed E-state index contributed by atoms with van der Waals surface area (Å²) in [6.45, 7) is 10.8. The van der Waals surface area contributed by atoms with Gasteiger partial charge in [-0.2, -0.15) is 0 Å². The van der Waals surface area contributed by atoms with Crippen LogP contribution in [-0.4, -0.2) is 41.6 Å². The molecule has 0 bridgehead atoms. The second kappa shape index (κ2) is 11.6. The lowest BCUT2D eigenvalue weighted by Gasteiger charge is -2.24. The molecule has 2 unspecified atom stereocenters. The molecular formula is C35H36N2O6S. The summed E-state index contributed by atoms with van der Waals surface area (Å²) in [5, 5.41) is 12.1. The number of methoxy groups -OCH3 is 1. The maximum Gasteiger partial charge on any atom is 0.301 e. The number of aryl methyl sites for hydroxylation is 2. The Morgan fingerprint density at radius 3 is 2.66 bits per heavy atom. The van der Waals surface area contributed by atoms with Gasteiger partial charge in [-0.1, -0.05) is 37.3 Å². The van der Waals surface area contributed by atoms with Crippen LogP contribution in [0.2, 0.25) is 0 Å². The van der Waals surface area contributed by atoms with Gasteiger partial charge in [-0.15, -0.1) is 0 Å². The molecule has 6 rings (SSSR count). The largest absolute Gasteiger partial charge is 0.507 e. The maximum atomic E-state index is 13.8. The van der Waals surface area contributed by atoms with Crippen LogP contribution >= 0.6 is 11.3 Å². The number of rotatable bonds is 8. The van der Waals surface area contributed by atoms with Gasteiger partial charge >= 0.3 is 5.91 Å². The van der Waals surface area contributed by atoms with Crippen LogP contribution in [0, 0.1) is 19.8 Å². The lowest BCUT2D eigenvalue weighted by Crippen LogP contribution is -2.29. The van der Waals surface area contributed by atoms with Gasteiger partial charge in [0.1, 0.15) is 17.6 Å². The summed E-state index contributed by atoms with van der Waals surface area (Å²) < 4.78 is 18.5. The first-order valence-corrected chi connectivity index (χ1v) is 15.7. The van der Waals surface area contributed by atoms with E-state index in [1.807, 2.05) is 45.0 Å². The topological polar surface area (TPSA) is 98.2 Å². The highest BCUT2D eigenvalue weighted by atomic mass is 32.1. The molecular weight excluding hydrogens is 576 g/mol. The molecule has 8 nitrogen and oxygen atoms in total. The molecule has 0 spiro atoms. The highest BCUT2D eigenvalue weighted by Gasteiger charge is 2.48. The fourth-order valence-corrected chi connectivity index (χ4v) is 7.08. The highest BCUT2D eigenvalue weighted by Crippen LogP contribution is 2.46. The minimum Gasteiger partial charge on any atom is -0.507 e. The second-order valence-electron chi connectivity index (χ2n) is 12.0. The number of ether oxygens (including phenoxy) is 3. The van der Waals surface area contributed by atoms with Crippen LogP contribution in [0.1, 0.15) is 61.1 Å². The molecule has 1 N–H and O–H groups in total. The molecule has 1 amide bonds. The lowest BCUT2D eigenvalue weighted by atomic mass is 9.94. The van der Waals surface area contributed by atoms with Crippen LogP contribution in [0.3, 0.4) is 0 Å². The minimum atomic E-state index is -0.945. The van der Waals surface area contributed by atoms with Gasteiger partial charge in [-0.05, 0) is 91.8 Å². The molecule has 1 saturated heterocycles. The summed E-state index contributed by atoms with van der Waals surface area (Å²) in [6.07, 6.45) is 1.59. The predicted octanol–water partition coefficient (Wildman–Crippen LogP) is 7.30. The molecule has 9 heteroatoms. The molecule has 0 saturated carbocycles. The molecule has 4 aromatic rings. The van der Waals surface area contributed by atoms with Crippen molar-refractivity contribution in [3.8, 4) is 17.2 Å². The van der Waals surface area contributed by atoms with Crippen LogP contribution in [0.15, 0.2) is 54.1 Å². The van der Waals surface area contributed by atoms with Gasteiger partial charge in [0, 0.05) is 12.0 Å². The average molecular weight is 613 g/mol. The molecule has 1 aromatic heterocycles. The third-order valence-corrected chi connectivity index (χ3v) is 9.10. The number of carbonyl (C=O) groups excluding carboxylic acids is 2. The van der Waals surface area contributed by atoms with E-state index in [0.29, 0.717) is 46.7 Å². The molecule has 44 heavy (non-hydrogen) atoms. The third-order valence-electron chi connectivity index (χ3n) is 8.09. The number of aliphatic hydroxyl groups excluding tert-OH is 1. The van der Waals surface area contributed by atoms with E-state index in [1.165, 1.54) is 16.2 Å². The van der Waals surface area contributed by atoms with Crippen molar-refractivity contribution in [2.45, 2.75) is 59.6 Å². The molecule has 2 atom stereocenters. The van der Waals surface area contributed by atoms with Crippen molar-refractivity contribution in [1.82, 2.24) is 4.98 Å². The molecule has 0 aliphatic carbocycles. The summed E-state index contributed by atoms with van der Waals surface area (Å²) in [5.41, 5.74) is 4.80. The Bertz CT molecular complexity index is 1820. The second-order valence-corrected chi connectivity index (χ2v) is 13.0. The van der Waals surface area contributed by atoms with Gasteiger partial charge in [-0.25, -0.2) is 4.98 Å². The van der Waals surface area contributed by atoms with E-state index in [0.717, 1.165) is 39.1 Å². The Hall–Kier alpha value is -4.37. The summed E-state index contributed by atoms with van der Waals surface area (Å²) in [7, 11) is 1.55. The van der Waals surface area contributed by atoms with Gasteiger partial charge in [0.2, 0.25) is 0 Å². The lowest BCUT2D eigenvalue weighted by molar-refractivity contribution is -0.132. The van der Waals surface area contributed by atoms with Gasteiger partial charge in [0.25, 0.3) is 5.78 Å². The Morgan fingerprint density at radius 1 is 1.11 bits per heavy atom. The van der Waals surface area contributed by atoms with E-state index in [9.17, 15) is 14.7 Å². The Balaban J connectivity index is 1.50. The summed E-state index contributed by atoms with van der Waals surface area (Å²) >= 11 is 1.35. The number of amides is 1. The number of anilines is 1. The van der Waals surface area contributed by atoms with Gasteiger partial charge in [0.05, 0.1) is 35.5 Å². The normalized spacial score (nSPS) is 19.1. The van der Waals surface area contributed by atoms with Crippen molar-refractivity contribution in [3.05, 3.63) is 81.9 Å². The molecule has 1 fully saturated rings. The molecule has 3 heterocycles. The fourth-order valence-electron chi connectivity index (χ4n) is 5.91. The van der Waals surface area contributed by atoms with Crippen molar-refractivity contribution in [2.75, 3.05) is 18.6 Å². The van der Waals surface area contributed by atoms with Gasteiger partial charge in [0.15, 0.2) is 16.6 Å². The van der Waals surface area contributed by atoms with E-state index in [4.69, 9.17) is 19.2 Å². The van der Waals surface area contributed by atoms with E-state index in [-0.39, 0.29) is 17.4 Å². The van der Waals surface area contributed by atoms with Crippen molar-refractivity contribution >= 4 is 44.1 Å². The number of fused-ring (bicyclic) bond motifs is 2. The van der Waals surface area contributed by atoms with Crippen LogP contribution in [0.5, 0.6) is 17.2 Å². The number of hydrogen-bond donors (Lipinski definition) is 1. The van der Waals surface area contributed by atoms with Gasteiger partial charge < -0.3 is 19.3 Å². The zero-order chi connectivity index (χ0) is 31.3. The fraction of sp³-hybridized carbons (Fsp3) is 0.343. The molecule has 2 aliphatic heterocycles. The van der Waals surface area contributed by atoms with Crippen molar-refractivity contribution < 1.29 is 28.9 Å². The molecule has 3 aromatic carbocycles. The quantitative estimate of drug-likeness (QED) is 0.127. The Labute approximate surface area is 260 Å². The number of Topliss-reactive ketones (excluding diaryl/α,β-unsaturated/α-hetero) is 1. The number of ketones is 1. The summed E-state index contributed by atoms with van der Waals surface area (Å²) in [5.74, 6) is 0.492. The van der Waals surface area contributed by atoms with Crippen molar-refractivity contribution in [1.29, 1.82) is 0 Å². The van der Waals surface area contributed by atoms with E-state index in [2.05, 4.69) is 13.8 Å². The molecule has 0 radical (unpaired) electrons. The zero-order valence-electron chi connectivity index (χ0n) is 25.8. The van der Waals surface area contributed by atoms with E-state index in [1.54, 1.807) is 31.4 Å². The zero-order valence-corrected chi connectivity index (χ0v) is 26.6. The SMILES string of the molecule is COc1cc(C2/C(=C(\O)c3ccc4c(c3)CC(C)O4)C(=O)C(=O)N2c2nc3c(C)cc(C)cc3s2)ccc1OCCC(C)C. The Morgan fingerprint density at radius 2 is 1.91 bits per heavy atom. The number of aromatic nitrogens is 1. The number of nitrogens with zero attached hydrogens (tertiary/aromatic N) is 2. The highest BCUT2D eigenvalue weighted by molar-refractivity contribution is 7.22. The average Bonchev–Trinajstić information content (AvgIpc) is 3.65. The van der Waals surface area contributed by atoms with Crippen LogP contribution in [-0.2, 0) is 16.0 Å². The molecule has 2 aliphatic rings. The van der Waals surface area contributed by atoms with Crippen molar-refractivity contribution in [3.63, 3.8) is 0 Å². The number of thiazole rings is 1. The monoisotopic (exact) mass is 612 g/mol. The smallest absolute Gasteiger partial charge is 0.301 e. The first-order chi connectivity index (χ1) is 21.0. The van der Waals surface area contributed by atoms with Crippen LogP contribution in [0.25, 0.3) is 16.0 Å². The molecule has 228 valence electrons. The van der Waals surface area contributed by atoms with E-state index < -0.39 is 17.7 Å². The number of hydrogen-bond acceptors (Lipinski definition) is 8.